The number of hydrogen-bond donors (Lipinski definition) is 2. The Hall–Kier alpha value is -3.07. The Kier molecular flexibility index (Phi) is 4.05. The third kappa shape index (κ3) is 3.28. The molecule has 1 atom stereocenters. The average Bonchev–Trinajstić information content (AvgIpc) is 2.47. The zero-order valence-corrected chi connectivity index (χ0v) is 11.4. The Labute approximate surface area is 122 Å². The third-order valence-electron chi connectivity index (χ3n) is 3.13. The Balaban J connectivity index is 2.31. The van der Waals surface area contributed by atoms with Crippen LogP contribution in [0.15, 0.2) is 42.5 Å². The van der Waals surface area contributed by atoms with Gasteiger partial charge in [-0.05, 0) is 36.8 Å². The van der Waals surface area contributed by atoms with Crippen LogP contribution in [-0.4, -0.2) is 4.92 Å². The van der Waals surface area contributed by atoms with E-state index in [1.807, 2.05) is 25.1 Å². The molecule has 2 rings (SSSR count). The second kappa shape index (κ2) is 5.92. The van der Waals surface area contributed by atoms with Crippen LogP contribution >= 0.6 is 0 Å². The predicted molar refractivity (Wildman–Crippen MR) is 80.7 cm³/mol. The van der Waals surface area contributed by atoms with Crippen LogP contribution in [0.2, 0.25) is 0 Å². The van der Waals surface area contributed by atoms with Gasteiger partial charge in [-0.25, -0.2) is 0 Å². The van der Waals surface area contributed by atoms with Gasteiger partial charge in [0.1, 0.15) is 5.69 Å². The average molecular weight is 282 g/mol. The summed E-state index contributed by atoms with van der Waals surface area (Å²) in [6.45, 7) is 1.88. The van der Waals surface area contributed by atoms with E-state index in [9.17, 15) is 10.1 Å². The maximum absolute atomic E-state index is 11.1. The van der Waals surface area contributed by atoms with Crippen LogP contribution in [0.4, 0.5) is 17.1 Å². The molecule has 0 bridgehead atoms. The summed E-state index contributed by atoms with van der Waals surface area (Å²) in [7, 11) is 0. The van der Waals surface area contributed by atoms with E-state index in [2.05, 4.69) is 5.32 Å². The number of nitro benzene ring substituents is 1. The van der Waals surface area contributed by atoms with Crippen molar-refractivity contribution in [3.63, 3.8) is 0 Å². The molecule has 3 N–H and O–H groups in total. The molecule has 0 aliphatic rings. The van der Waals surface area contributed by atoms with Crippen LogP contribution in [0.5, 0.6) is 0 Å². The monoisotopic (exact) mass is 282 g/mol. The van der Waals surface area contributed by atoms with Crippen molar-refractivity contribution in [3.05, 3.63) is 63.7 Å². The summed E-state index contributed by atoms with van der Waals surface area (Å²) >= 11 is 0. The second-order valence-electron chi connectivity index (χ2n) is 4.63. The molecule has 0 amide bonds. The van der Waals surface area contributed by atoms with Gasteiger partial charge in [0.15, 0.2) is 0 Å². The van der Waals surface area contributed by atoms with E-state index in [-0.39, 0.29) is 11.7 Å². The molecule has 0 spiro atoms. The van der Waals surface area contributed by atoms with Gasteiger partial charge >= 0.3 is 0 Å². The predicted octanol–water partition coefficient (Wildman–Crippen LogP) is 3.22. The van der Waals surface area contributed by atoms with E-state index >= 15 is 0 Å². The summed E-state index contributed by atoms with van der Waals surface area (Å²) in [5.41, 5.74) is 7.87. The number of rotatable bonds is 4. The fraction of sp³-hybridized carbons (Fsp3) is 0.133. The third-order valence-corrected chi connectivity index (χ3v) is 3.13. The molecule has 0 saturated carbocycles. The van der Waals surface area contributed by atoms with Gasteiger partial charge in [0.25, 0.3) is 5.69 Å². The van der Waals surface area contributed by atoms with E-state index in [0.717, 1.165) is 5.56 Å². The maximum atomic E-state index is 11.1. The molecule has 106 valence electrons. The van der Waals surface area contributed by atoms with Gasteiger partial charge in [-0.1, -0.05) is 12.1 Å². The van der Waals surface area contributed by atoms with Crippen LogP contribution < -0.4 is 11.1 Å². The van der Waals surface area contributed by atoms with Crippen molar-refractivity contribution in [2.45, 2.75) is 13.0 Å². The van der Waals surface area contributed by atoms with Crippen molar-refractivity contribution in [2.24, 2.45) is 0 Å². The number of nitrogens with zero attached hydrogens (tertiary/aromatic N) is 2. The first-order valence-corrected chi connectivity index (χ1v) is 6.32. The summed E-state index contributed by atoms with van der Waals surface area (Å²) in [5.74, 6) is 0. The quantitative estimate of drug-likeness (QED) is 0.509. The van der Waals surface area contributed by atoms with Crippen LogP contribution in [0, 0.1) is 21.4 Å². The smallest absolute Gasteiger partial charge is 0.292 e. The lowest BCUT2D eigenvalue weighted by Crippen LogP contribution is -2.08. The number of nitriles is 1. The van der Waals surface area contributed by atoms with Crippen molar-refractivity contribution in [3.8, 4) is 6.07 Å². The molecular weight excluding hydrogens is 268 g/mol. The topological polar surface area (TPSA) is 105 Å². The Morgan fingerprint density at radius 2 is 1.95 bits per heavy atom. The largest absolute Gasteiger partial charge is 0.399 e. The molecule has 0 saturated heterocycles. The normalized spacial score (nSPS) is 11.4. The first-order chi connectivity index (χ1) is 10.0. The standard InChI is InChI=1S/C15H14N4O2/c1-10(12-3-5-13(17)6-4-12)18-14-8-11(9-16)2-7-15(14)19(20)21/h2-8,10,18H,17H2,1H3. The molecule has 0 aromatic heterocycles. The second-order valence-corrected chi connectivity index (χ2v) is 4.63. The molecule has 21 heavy (non-hydrogen) atoms. The number of benzene rings is 2. The lowest BCUT2D eigenvalue weighted by atomic mass is 10.1. The zero-order valence-electron chi connectivity index (χ0n) is 11.4. The SMILES string of the molecule is CC(Nc1cc(C#N)ccc1[N+](=O)[O-])c1ccc(N)cc1. The minimum atomic E-state index is -0.473. The number of hydrogen-bond acceptors (Lipinski definition) is 5. The number of nitrogens with two attached hydrogens (primary N) is 1. The number of nitrogen functional groups attached to an aromatic ring is 1. The van der Waals surface area contributed by atoms with E-state index < -0.39 is 4.92 Å². The molecule has 6 heteroatoms. The number of nitro groups is 1. The van der Waals surface area contributed by atoms with Gasteiger partial charge in [0.05, 0.1) is 16.6 Å². The Bertz CT molecular complexity index is 705. The lowest BCUT2D eigenvalue weighted by molar-refractivity contribution is -0.384. The molecule has 1 unspecified atom stereocenters. The van der Waals surface area contributed by atoms with Gasteiger partial charge in [-0.3, -0.25) is 10.1 Å². The van der Waals surface area contributed by atoms with Gasteiger partial charge < -0.3 is 11.1 Å². The molecule has 0 radical (unpaired) electrons. The number of nitrogens with one attached hydrogen (secondary N) is 1. The van der Waals surface area contributed by atoms with E-state index in [1.54, 1.807) is 12.1 Å². The van der Waals surface area contributed by atoms with Crippen molar-refractivity contribution in [1.82, 2.24) is 0 Å². The summed E-state index contributed by atoms with van der Waals surface area (Å²) in [4.78, 5) is 10.6. The molecule has 0 heterocycles. The molecule has 6 nitrogen and oxygen atoms in total. The molecule has 2 aromatic carbocycles. The van der Waals surface area contributed by atoms with E-state index in [0.29, 0.717) is 16.9 Å². The highest BCUT2D eigenvalue weighted by molar-refractivity contribution is 5.65. The maximum Gasteiger partial charge on any atom is 0.292 e. The van der Waals surface area contributed by atoms with Crippen LogP contribution in [-0.2, 0) is 0 Å². The van der Waals surface area contributed by atoms with Gasteiger partial charge in [0, 0.05) is 17.8 Å². The zero-order chi connectivity index (χ0) is 15.4. The molecule has 2 aromatic rings. The summed E-state index contributed by atoms with van der Waals surface area (Å²) in [6.07, 6.45) is 0. The summed E-state index contributed by atoms with van der Waals surface area (Å²) < 4.78 is 0. The highest BCUT2D eigenvalue weighted by atomic mass is 16.6. The van der Waals surface area contributed by atoms with Gasteiger partial charge in [-0.2, -0.15) is 5.26 Å². The van der Waals surface area contributed by atoms with E-state index in [4.69, 9.17) is 11.0 Å². The van der Waals surface area contributed by atoms with Crippen LogP contribution in [0.1, 0.15) is 24.1 Å². The van der Waals surface area contributed by atoms with Crippen molar-refractivity contribution < 1.29 is 4.92 Å². The fourth-order valence-corrected chi connectivity index (χ4v) is 1.98. The Morgan fingerprint density at radius 3 is 2.52 bits per heavy atom. The van der Waals surface area contributed by atoms with Crippen molar-refractivity contribution in [2.75, 3.05) is 11.1 Å². The summed E-state index contributed by atoms with van der Waals surface area (Å²) in [5, 5.41) is 23.0. The van der Waals surface area contributed by atoms with Crippen molar-refractivity contribution in [1.29, 1.82) is 5.26 Å². The number of anilines is 2. The minimum Gasteiger partial charge on any atom is -0.399 e. The van der Waals surface area contributed by atoms with Crippen LogP contribution in [0.25, 0.3) is 0 Å². The highest BCUT2D eigenvalue weighted by Gasteiger charge is 2.16. The minimum absolute atomic E-state index is 0.0590. The molecule has 0 aliphatic carbocycles. The first-order valence-electron chi connectivity index (χ1n) is 6.32. The summed E-state index contributed by atoms with van der Waals surface area (Å²) in [6, 6.07) is 13.3. The fourth-order valence-electron chi connectivity index (χ4n) is 1.98. The highest BCUT2D eigenvalue weighted by Crippen LogP contribution is 2.29. The van der Waals surface area contributed by atoms with Gasteiger partial charge in [-0.15, -0.1) is 0 Å². The molecular formula is C15H14N4O2. The molecule has 0 aliphatic heterocycles. The van der Waals surface area contributed by atoms with Crippen molar-refractivity contribution >= 4 is 17.1 Å². The first kappa shape index (κ1) is 14.3. The lowest BCUT2D eigenvalue weighted by Gasteiger charge is -2.16. The molecule has 0 fully saturated rings. The van der Waals surface area contributed by atoms with E-state index in [1.165, 1.54) is 18.2 Å². The van der Waals surface area contributed by atoms with Crippen LogP contribution in [0.3, 0.4) is 0 Å². The van der Waals surface area contributed by atoms with Gasteiger partial charge in [0.2, 0.25) is 0 Å². The Morgan fingerprint density at radius 1 is 1.29 bits per heavy atom.